The minimum absolute atomic E-state index is 0.0199. The van der Waals surface area contributed by atoms with Gasteiger partial charge in [0.05, 0.1) is 6.67 Å². The maximum absolute atomic E-state index is 12.0. The highest BCUT2D eigenvalue weighted by atomic mass is 16.2. The number of nitrogens with zero attached hydrogens (tertiary/aromatic N) is 1. The van der Waals surface area contributed by atoms with Gasteiger partial charge in [-0.3, -0.25) is 19.8 Å². The Hall–Kier alpha value is -0.900. The van der Waals surface area contributed by atoms with Crippen molar-refractivity contribution >= 4 is 11.8 Å². The summed E-state index contributed by atoms with van der Waals surface area (Å²) in [5, 5.41) is 3.23. The molecule has 1 saturated heterocycles. The Morgan fingerprint density at radius 1 is 1.24 bits per heavy atom. The summed E-state index contributed by atoms with van der Waals surface area (Å²) in [7, 11) is 0. The second-order valence-electron chi connectivity index (χ2n) is 5.61. The molecule has 1 heterocycles. The average Bonchev–Trinajstić information content (AvgIpc) is 2.51. The molecule has 0 bridgehead atoms. The number of nitrogens with one attached hydrogen (secondary N) is 1. The van der Waals surface area contributed by atoms with Gasteiger partial charge in [0.15, 0.2) is 0 Å². The van der Waals surface area contributed by atoms with Crippen molar-refractivity contribution in [1.82, 2.24) is 10.2 Å². The van der Waals surface area contributed by atoms with Gasteiger partial charge in [-0.25, -0.2) is 0 Å². The zero-order valence-electron chi connectivity index (χ0n) is 11.5. The Kier molecular flexibility index (Phi) is 4.69. The molecule has 0 aromatic rings. The van der Waals surface area contributed by atoms with Crippen LogP contribution in [0.2, 0.25) is 0 Å². The normalized spacial score (nSPS) is 23.0. The van der Waals surface area contributed by atoms with Gasteiger partial charge in [-0.2, -0.15) is 0 Å². The molecular formula is C13H24N2O2. The Balaban J connectivity index is 2.55. The summed E-state index contributed by atoms with van der Waals surface area (Å²) >= 11 is 0. The highest BCUT2D eigenvalue weighted by Crippen LogP contribution is 2.25. The molecule has 4 heteroatoms. The lowest BCUT2D eigenvalue weighted by Gasteiger charge is -2.22. The smallest absolute Gasteiger partial charge is 0.234 e. The van der Waals surface area contributed by atoms with Crippen LogP contribution in [0.4, 0.5) is 0 Å². The second kappa shape index (κ2) is 5.63. The second-order valence-corrected chi connectivity index (χ2v) is 5.61. The standard InChI is InChI=1S/C13H24N2O2/c1-8(2)10(5)14-7-15-12(16)6-11(9(3)4)13(15)17/h8-11,14H,6-7H2,1-5H3/t10-,11?/m1/s1. The summed E-state index contributed by atoms with van der Waals surface area (Å²) in [6.45, 7) is 10.6. The predicted molar refractivity (Wildman–Crippen MR) is 67.1 cm³/mol. The number of carbonyl (C=O) groups excluding carboxylic acids is 2. The molecule has 17 heavy (non-hydrogen) atoms. The van der Waals surface area contributed by atoms with Crippen molar-refractivity contribution in [3.8, 4) is 0 Å². The zero-order chi connectivity index (χ0) is 13.2. The first kappa shape index (κ1) is 14.2. The quantitative estimate of drug-likeness (QED) is 0.743. The van der Waals surface area contributed by atoms with Crippen LogP contribution >= 0.6 is 0 Å². The van der Waals surface area contributed by atoms with Gasteiger partial charge in [-0.15, -0.1) is 0 Å². The maximum atomic E-state index is 12.0. The van der Waals surface area contributed by atoms with E-state index >= 15 is 0 Å². The van der Waals surface area contributed by atoms with E-state index in [4.69, 9.17) is 0 Å². The number of imide groups is 1. The van der Waals surface area contributed by atoms with E-state index in [1.54, 1.807) is 0 Å². The van der Waals surface area contributed by atoms with E-state index in [9.17, 15) is 9.59 Å². The third-order valence-corrected chi connectivity index (χ3v) is 3.65. The summed E-state index contributed by atoms with van der Waals surface area (Å²) < 4.78 is 0. The molecule has 1 rings (SSSR count). The van der Waals surface area contributed by atoms with Gasteiger partial charge < -0.3 is 0 Å². The number of hydrogen-bond acceptors (Lipinski definition) is 3. The first-order valence-corrected chi connectivity index (χ1v) is 6.42. The van der Waals surface area contributed by atoms with Crippen LogP contribution in [-0.4, -0.2) is 29.4 Å². The molecule has 4 nitrogen and oxygen atoms in total. The fraction of sp³-hybridized carbons (Fsp3) is 0.846. The summed E-state index contributed by atoms with van der Waals surface area (Å²) in [4.78, 5) is 25.1. The van der Waals surface area contributed by atoms with Crippen LogP contribution in [0.3, 0.4) is 0 Å². The van der Waals surface area contributed by atoms with Crippen LogP contribution in [0.1, 0.15) is 41.0 Å². The maximum Gasteiger partial charge on any atom is 0.234 e. The summed E-state index contributed by atoms with van der Waals surface area (Å²) in [6.07, 6.45) is 0.369. The fourth-order valence-corrected chi connectivity index (χ4v) is 1.87. The largest absolute Gasteiger partial charge is 0.297 e. The lowest BCUT2D eigenvalue weighted by molar-refractivity contribution is -0.140. The molecule has 0 aliphatic carbocycles. The lowest BCUT2D eigenvalue weighted by Crippen LogP contribution is -2.43. The Labute approximate surface area is 104 Å². The topological polar surface area (TPSA) is 49.4 Å². The molecule has 1 N–H and O–H groups in total. The van der Waals surface area contributed by atoms with Crippen molar-refractivity contribution in [3.63, 3.8) is 0 Å². The van der Waals surface area contributed by atoms with E-state index in [2.05, 4.69) is 26.1 Å². The van der Waals surface area contributed by atoms with Crippen molar-refractivity contribution in [2.75, 3.05) is 6.67 Å². The third-order valence-electron chi connectivity index (χ3n) is 3.65. The molecule has 0 spiro atoms. The summed E-state index contributed by atoms with van der Waals surface area (Å²) in [5.41, 5.74) is 0. The SMILES string of the molecule is CC(C)C1CC(=O)N(CN[C@H](C)C(C)C)C1=O. The fourth-order valence-electron chi connectivity index (χ4n) is 1.87. The zero-order valence-corrected chi connectivity index (χ0v) is 11.5. The predicted octanol–water partition coefficient (Wildman–Crippen LogP) is 1.61. The van der Waals surface area contributed by atoms with E-state index in [1.165, 1.54) is 4.90 Å². The van der Waals surface area contributed by atoms with E-state index in [-0.39, 0.29) is 23.7 Å². The monoisotopic (exact) mass is 240 g/mol. The van der Waals surface area contributed by atoms with E-state index < -0.39 is 0 Å². The van der Waals surface area contributed by atoms with Crippen LogP contribution in [-0.2, 0) is 9.59 Å². The summed E-state index contributed by atoms with van der Waals surface area (Å²) in [6, 6.07) is 0.300. The Bertz CT molecular complexity index is 300. The number of rotatable bonds is 5. The highest BCUT2D eigenvalue weighted by molar-refractivity contribution is 6.03. The van der Waals surface area contributed by atoms with Gasteiger partial charge >= 0.3 is 0 Å². The molecule has 0 aromatic heterocycles. The average molecular weight is 240 g/mol. The number of carbonyl (C=O) groups is 2. The lowest BCUT2D eigenvalue weighted by atomic mass is 9.94. The molecule has 1 aliphatic rings. The molecular weight excluding hydrogens is 216 g/mol. The summed E-state index contributed by atoms with van der Waals surface area (Å²) in [5.74, 6) is 0.534. The molecule has 2 amide bonds. The number of amides is 2. The first-order valence-electron chi connectivity index (χ1n) is 6.42. The van der Waals surface area contributed by atoms with Gasteiger partial charge in [0.25, 0.3) is 0 Å². The van der Waals surface area contributed by atoms with Crippen molar-refractivity contribution < 1.29 is 9.59 Å². The minimum Gasteiger partial charge on any atom is -0.297 e. The first-order chi connectivity index (χ1) is 7.84. The van der Waals surface area contributed by atoms with Crippen molar-refractivity contribution in [2.24, 2.45) is 17.8 Å². The van der Waals surface area contributed by atoms with Gasteiger partial charge in [0.1, 0.15) is 0 Å². The van der Waals surface area contributed by atoms with Crippen LogP contribution in [0, 0.1) is 17.8 Å². The number of likely N-dealkylation sites (tertiary alicyclic amines) is 1. The van der Waals surface area contributed by atoms with Gasteiger partial charge in [0, 0.05) is 18.4 Å². The van der Waals surface area contributed by atoms with Crippen LogP contribution in [0.5, 0.6) is 0 Å². The molecule has 1 aliphatic heterocycles. The molecule has 2 atom stereocenters. The van der Waals surface area contributed by atoms with Crippen molar-refractivity contribution in [1.29, 1.82) is 0 Å². The van der Waals surface area contributed by atoms with Crippen LogP contribution in [0.15, 0.2) is 0 Å². The molecule has 98 valence electrons. The molecule has 1 fully saturated rings. The van der Waals surface area contributed by atoms with Gasteiger partial charge in [-0.1, -0.05) is 27.7 Å². The molecule has 0 saturated carbocycles. The molecule has 1 unspecified atom stereocenters. The van der Waals surface area contributed by atoms with E-state index in [0.29, 0.717) is 25.0 Å². The van der Waals surface area contributed by atoms with Gasteiger partial charge in [0.2, 0.25) is 11.8 Å². The van der Waals surface area contributed by atoms with Crippen LogP contribution < -0.4 is 5.32 Å². The van der Waals surface area contributed by atoms with Gasteiger partial charge in [-0.05, 0) is 18.8 Å². The minimum atomic E-state index is -0.126. The Morgan fingerprint density at radius 3 is 2.24 bits per heavy atom. The molecule has 0 aromatic carbocycles. The van der Waals surface area contributed by atoms with Crippen molar-refractivity contribution in [2.45, 2.75) is 47.1 Å². The highest BCUT2D eigenvalue weighted by Gasteiger charge is 2.39. The Morgan fingerprint density at radius 2 is 1.82 bits per heavy atom. The molecule has 0 radical (unpaired) electrons. The van der Waals surface area contributed by atoms with Crippen LogP contribution in [0.25, 0.3) is 0 Å². The third kappa shape index (κ3) is 3.28. The van der Waals surface area contributed by atoms with Crippen molar-refractivity contribution in [3.05, 3.63) is 0 Å². The van der Waals surface area contributed by atoms with E-state index in [0.717, 1.165) is 0 Å². The van der Waals surface area contributed by atoms with E-state index in [1.807, 2.05) is 13.8 Å². The number of hydrogen-bond donors (Lipinski definition) is 1.